The average molecular weight is 231 g/mol. The average Bonchev–Trinajstić information content (AvgIpc) is 2.70. The van der Waals surface area contributed by atoms with Crippen molar-refractivity contribution in [3.63, 3.8) is 0 Å². The lowest BCUT2D eigenvalue weighted by atomic mass is 9.95. The molecule has 0 bridgehead atoms. The summed E-state index contributed by atoms with van der Waals surface area (Å²) in [5, 5.41) is 11.9. The third-order valence-electron chi connectivity index (χ3n) is 2.72. The lowest BCUT2D eigenvalue weighted by Gasteiger charge is -2.18. The summed E-state index contributed by atoms with van der Waals surface area (Å²) >= 11 is 0. The standard InChI is InChI=1S/C12H17N5/c1-8-9(13)6-5-7-10(8)17-11(12(2,3)4)14-15-16-17/h5-7H,13H2,1-4H3. The van der Waals surface area contributed by atoms with Gasteiger partial charge in [0.05, 0.1) is 5.69 Å². The maximum atomic E-state index is 5.90. The molecule has 0 spiro atoms. The molecular weight excluding hydrogens is 214 g/mol. The van der Waals surface area contributed by atoms with Crippen molar-refractivity contribution in [1.82, 2.24) is 20.2 Å². The summed E-state index contributed by atoms with van der Waals surface area (Å²) in [5.74, 6) is 0.825. The Morgan fingerprint density at radius 2 is 1.94 bits per heavy atom. The largest absolute Gasteiger partial charge is 0.398 e. The van der Waals surface area contributed by atoms with E-state index in [1.54, 1.807) is 4.68 Å². The van der Waals surface area contributed by atoms with Gasteiger partial charge in [0.15, 0.2) is 5.82 Å². The Labute approximate surface area is 101 Å². The molecule has 17 heavy (non-hydrogen) atoms. The van der Waals surface area contributed by atoms with E-state index in [1.165, 1.54) is 0 Å². The first-order valence-corrected chi connectivity index (χ1v) is 5.55. The first-order valence-electron chi connectivity index (χ1n) is 5.55. The molecule has 5 heteroatoms. The van der Waals surface area contributed by atoms with Gasteiger partial charge in [0.25, 0.3) is 0 Å². The second kappa shape index (κ2) is 3.84. The summed E-state index contributed by atoms with van der Waals surface area (Å²) in [5.41, 5.74) is 8.46. The molecule has 0 aliphatic carbocycles. The summed E-state index contributed by atoms with van der Waals surface area (Å²) in [6.45, 7) is 8.21. The fourth-order valence-electron chi connectivity index (χ4n) is 1.69. The number of hydrogen-bond acceptors (Lipinski definition) is 4. The molecule has 0 atom stereocenters. The monoisotopic (exact) mass is 231 g/mol. The number of hydrogen-bond donors (Lipinski definition) is 1. The molecule has 0 aliphatic rings. The molecule has 2 N–H and O–H groups in total. The minimum absolute atomic E-state index is 0.111. The van der Waals surface area contributed by atoms with Crippen molar-refractivity contribution in [3.8, 4) is 5.69 Å². The Bertz CT molecular complexity index is 536. The van der Waals surface area contributed by atoms with Crippen LogP contribution in [0, 0.1) is 6.92 Å². The third kappa shape index (κ3) is 2.00. The van der Waals surface area contributed by atoms with E-state index in [9.17, 15) is 0 Å². The number of tetrazole rings is 1. The zero-order valence-corrected chi connectivity index (χ0v) is 10.6. The minimum Gasteiger partial charge on any atom is -0.398 e. The molecule has 1 aromatic heterocycles. The van der Waals surface area contributed by atoms with Crippen molar-refractivity contribution in [2.24, 2.45) is 0 Å². The van der Waals surface area contributed by atoms with Crippen molar-refractivity contribution < 1.29 is 0 Å². The quantitative estimate of drug-likeness (QED) is 0.760. The van der Waals surface area contributed by atoms with Gasteiger partial charge in [0.1, 0.15) is 0 Å². The maximum absolute atomic E-state index is 5.90. The van der Waals surface area contributed by atoms with E-state index in [-0.39, 0.29) is 5.41 Å². The predicted molar refractivity (Wildman–Crippen MR) is 67.0 cm³/mol. The van der Waals surface area contributed by atoms with E-state index in [2.05, 4.69) is 36.3 Å². The van der Waals surface area contributed by atoms with Crippen LogP contribution in [-0.4, -0.2) is 20.2 Å². The van der Waals surface area contributed by atoms with Crippen LogP contribution >= 0.6 is 0 Å². The number of aromatic nitrogens is 4. The van der Waals surface area contributed by atoms with Gasteiger partial charge in [-0.05, 0) is 35.0 Å². The van der Waals surface area contributed by atoms with Crippen LogP contribution in [-0.2, 0) is 5.41 Å². The first-order chi connectivity index (χ1) is 7.91. The molecule has 0 radical (unpaired) electrons. The maximum Gasteiger partial charge on any atom is 0.162 e. The number of anilines is 1. The normalized spacial score (nSPS) is 11.8. The topological polar surface area (TPSA) is 69.6 Å². The second-order valence-corrected chi connectivity index (χ2v) is 5.16. The molecular formula is C12H17N5. The highest BCUT2D eigenvalue weighted by Crippen LogP contribution is 2.25. The molecule has 90 valence electrons. The van der Waals surface area contributed by atoms with Crippen molar-refractivity contribution in [1.29, 1.82) is 0 Å². The Morgan fingerprint density at radius 1 is 1.24 bits per heavy atom. The molecule has 1 heterocycles. The van der Waals surface area contributed by atoms with Crippen LogP contribution in [0.4, 0.5) is 5.69 Å². The van der Waals surface area contributed by atoms with Crippen LogP contribution in [0.25, 0.3) is 5.69 Å². The van der Waals surface area contributed by atoms with Crippen LogP contribution < -0.4 is 5.73 Å². The number of rotatable bonds is 1. The molecule has 2 rings (SSSR count). The van der Waals surface area contributed by atoms with E-state index in [0.29, 0.717) is 0 Å². The molecule has 0 fully saturated rings. The van der Waals surface area contributed by atoms with Gasteiger partial charge in [-0.25, -0.2) is 0 Å². The van der Waals surface area contributed by atoms with Gasteiger partial charge in [-0.15, -0.1) is 5.10 Å². The SMILES string of the molecule is Cc1c(N)cccc1-n1nnnc1C(C)(C)C. The molecule has 1 aromatic carbocycles. The second-order valence-electron chi connectivity index (χ2n) is 5.16. The number of nitrogens with two attached hydrogens (primary N) is 1. The van der Waals surface area contributed by atoms with Gasteiger partial charge in [-0.2, -0.15) is 4.68 Å². The van der Waals surface area contributed by atoms with Crippen LogP contribution in [0.2, 0.25) is 0 Å². The fraction of sp³-hybridized carbons (Fsp3) is 0.417. The van der Waals surface area contributed by atoms with Crippen molar-refractivity contribution >= 4 is 5.69 Å². The molecule has 0 saturated carbocycles. The van der Waals surface area contributed by atoms with E-state index in [1.807, 2.05) is 25.1 Å². The van der Waals surface area contributed by atoms with Crippen LogP contribution in [0.1, 0.15) is 32.2 Å². The van der Waals surface area contributed by atoms with Gasteiger partial charge < -0.3 is 5.73 Å². The highest BCUT2D eigenvalue weighted by Gasteiger charge is 2.23. The number of nitrogens with zero attached hydrogens (tertiary/aromatic N) is 4. The van der Waals surface area contributed by atoms with Crippen LogP contribution in [0.3, 0.4) is 0 Å². The van der Waals surface area contributed by atoms with Crippen molar-refractivity contribution in [2.45, 2.75) is 33.1 Å². The Balaban J connectivity index is 2.62. The highest BCUT2D eigenvalue weighted by atomic mass is 15.5. The van der Waals surface area contributed by atoms with Crippen molar-refractivity contribution in [2.75, 3.05) is 5.73 Å². The van der Waals surface area contributed by atoms with E-state index in [0.717, 1.165) is 22.8 Å². The molecule has 0 unspecified atom stereocenters. The molecule has 0 saturated heterocycles. The summed E-state index contributed by atoms with van der Waals surface area (Å²) in [6, 6.07) is 5.75. The summed E-state index contributed by atoms with van der Waals surface area (Å²) < 4.78 is 1.76. The molecule has 0 amide bonds. The fourth-order valence-corrected chi connectivity index (χ4v) is 1.69. The van der Waals surface area contributed by atoms with Gasteiger partial charge in [0, 0.05) is 11.1 Å². The number of nitrogen functional groups attached to an aromatic ring is 1. The predicted octanol–water partition coefficient (Wildman–Crippen LogP) is 1.85. The Morgan fingerprint density at radius 3 is 2.59 bits per heavy atom. The Hall–Kier alpha value is -1.91. The third-order valence-corrected chi connectivity index (χ3v) is 2.72. The summed E-state index contributed by atoms with van der Waals surface area (Å²) in [4.78, 5) is 0. The van der Waals surface area contributed by atoms with Crippen LogP contribution in [0.15, 0.2) is 18.2 Å². The molecule has 0 aliphatic heterocycles. The van der Waals surface area contributed by atoms with E-state index in [4.69, 9.17) is 5.73 Å². The first kappa shape index (κ1) is 11.6. The van der Waals surface area contributed by atoms with E-state index < -0.39 is 0 Å². The zero-order chi connectivity index (χ0) is 12.6. The lowest BCUT2D eigenvalue weighted by molar-refractivity contribution is 0.525. The minimum atomic E-state index is -0.111. The van der Waals surface area contributed by atoms with Crippen LogP contribution in [0.5, 0.6) is 0 Å². The van der Waals surface area contributed by atoms with Gasteiger partial charge >= 0.3 is 0 Å². The van der Waals surface area contributed by atoms with E-state index >= 15 is 0 Å². The van der Waals surface area contributed by atoms with Gasteiger partial charge in [-0.3, -0.25) is 0 Å². The van der Waals surface area contributed by atoms with Gasteiger partial charge in [0.2, 0.25) is 0 Å². The summed E-state index contributed by atoms with van der Waals surface area (Å²) in [7, 11) is 0. The van der Waals surface area contributed by atoms with Crippen molar-refractivity contribution in [3.05, 3.63) is 29.6 Å². The highest BCUT2D eigenvalue weighted by molar-refractivity contribution is 5.56. The Kier molecular flexibility index (Phi) is 2.61. The molecule has 2 aromatic rings. The smallest absolute Gasteiger partial charge is 0.162 e. The van der Waals surface area contributed by atoms with Gasteiger partial charge in [-0.1, -0.05) is 26.8 Å². The lowest BCUT2D eigenvalue weighted by Crippen LogP contribution is -2.19. The molecule has 5 nitrogen and oxygen atoms in total. The summed E-state index contributed by atoms with van der Waals surface area (Å²) in [6.07, 6.45) is 0. The zero-order valence-electron chi connectivity index (χ0n) is 10.6. The number of benzene rings is 1.